The number of aromatic nitrogens is 2. The molecule has 0 radical (unpaired) electrons. The van der Waals surface area contributed by atoms with Crippen LogP contribution < -0.4 is 11.4 Å². The van der Waals surface area contributed by atoms with Crippen molar-refractivity contribution in [2.24, 2.45) is 5.41 Å². The first-order valence-electron chi connectivity index (χ1n) is 9.89. The second-order valence-corrected chi connectivity index (χ2v) is 11.6. The highest BCUT2D eigenvalue weighted by molar-refractivity contribution is 7.47. The molecule has 2 bridgehead atoms. The molecule has 2 unspecified atom stereocenters. The van der Waals surface area contributed by atoms with Gasteiger partial charge in [-0.3, -0.25) is 13.6 Å². The van der Waals surface area contributed by atoms with Crippen LogP contribution in [0.2, 0.25) is 0 Å². The third-order valence-electron chi connectivity index (χ3n) is 4.89. The van der Waals surface area contributed by atoms with Crippen LogP contribution in [-0.2, 0) is 23.1 Å². The number of nitrogens with zero attached hydrogens (tertiary/aromatic N) is 2. The van der Waals surface area contributed by atoms with E-state index in [0.29, 0.717) is 12.0 Å². The van der Waals surface area contributed by atoms with E-state index < -0.39 is 43.2 Å². The van der Waals surface area contributed by atoms with Crippen molar-refractivity contribution in [2.75, 3.05) is 12.3 Å². The average molecular weight is 445 g/mol. The van der Waals surface area contributed by atoms with E-state index in [2.05, 4.69) is 4.98 Å². The monoisotopic (exact) mass is 445 g/mol. The maximum absolute atomic E-state index is 12.7. The molecule has 2 saturated heterocycles. The lowest BCUT2D eigenvalue weighted by Gasteiger charge is -2.37. The van der Waals surface area contributed by atoms with Crippen LogP contribution in [0, 0.1) is 12.3 Å². The first-order valence-corrected chi connectivity index (χ1v) is 11.4. The van der Waals surface area contributed by atoms with E-state index in [-0.39, 0.29) is 17.8 Å². The van der Waals surface area contributed by atoms with Gasteiger partial charge in [-0.15, -0.1) is 0 Å². The molecule has 1 aromatic rings. The Bertz CT molecular complexity index is 920. The molecule has 30 heavy (non-hydrogen) atoms. The summed E-state index contributed by atoms with van der Waals surface area (Å²) in [6.07, 6.45) is -0.557. The zero-order valence-corrected chi connectivity index (χ0v) is 19.4. The molecule has 0 saturated carbocycles. The van der Waals surface area contributed by atoms with Gasteiger partial charge in [-0.05, 0) is 39.5 Å². The average Bonchev–Trinajstić information content (AvgIpc) is 2.96. The summed E-state index contributed by atoms with van der Waals surface area (Å²) in [7, 11) is -4.44. The Kier molecular flexibility index (Phi) is 5.76. The number of hydrogen-bond acceptors (Lipinski definition) is 8. The number of fused-ring (bicyclic) bond motifs is 2. The first-order chi connectivity index (χ1) is 13.5. The van der Waals surface area contributed by atoms with E-state index >= 15 is 0 Å². The highest BCUT2D eigenvalue weighted by Gasteiger charge is 2.65. The second-order valence-electron chi connectivity index (χ2n) is 10.3. The third kappa shape index (κ3) is 4.79. The SMILES string of the molecule is Cc1cn([C@@H]2O[C@@]3(CC(C)(C)C)CO[C@H]2C3OP(=O)(O)OC(C)(C)C)c(=O)nc1N. The van der Waals surface area contributed by atoms with Crippen molar-refractivity contribution in [3.05, 3.63) is 22.2 Å². The largest absolute Gasteiger partial charge is 0.473 e. The lowest BCUT2D eigenvalue weighted by Crippen LogP contribution is -2.45. The van der Waals surface area contributed by atoms with Crippen molar-refractivity contribution in [2.45, 2.75) is 84.5 Å². The van der Waals surface area contributed by atoms with Crippen LogP contribution in [0.25, 0.3) is 0 Å². The molecule has 11 heteroatoms. The third-order valence-corrected chi connectivity index (χ3v) is 6.16. The Balaban J connectivity index is 2.00. The predicted molar refractivity (Wildman–Crippen MR) is 110 cm³/mol. The summed E-state index contributed by atoms with van der Waals surface area (Å²) < 4.78 is 37.2. The molecule has 5 atom stereocenters. The highest BCUT2D eigenvalue weighted by Crippen LogP contribution is 2.58. The van der Waals surface area contributed by atoms with Crippen LogP contribution >= 0.6 is 7.82 Å². The summed E-state index contributed by atoms with van der Waals surface area (Å²) in [6.45, 7) is 12.9. The molecule has 2 aliphatic heterocycles. The fourth-order valence-corrected chi connectivity index (χ4v) is 5.42. The molecule has 3 rings (SSSR count). The Morgan fingerprint density at radius 1 is 1.37 bits per heavy atom. The highest BCUT2D eigenvalue weighted by atomic mass is 31.2. The fraction of sp³-hybridized carbons (Fsp3) is 0.789. The zero-order valence-electron chi connectivity index (χ0n) is 18.5. The Hall–Kier alpha value is -1.29. The van der Waals surface area contributed by atoms with Crippen molar-refractivity contribution in [1.82, 2.24) is 9.55 Å². The molecule has 0 amide bonds. The van der Waals surface area contributed by atoms with Crippen LogP contribution in [0.4, 0.5) is 5.82 Å². The molecule has 2 aliphatic rings. The van der Waals surface area contributed by atoms with E-state index in [4.69, 9.17) is 24.3 Å². The maximum atomic E-state index is 12.7. The van der Waals surface area contributed by atoms with E-state index in [1.165, 1.54) is 4.57 Å². The van der Waals surface area contributed by atoms with Crippen LogP contribution in [0.3, 0.4) is 0 Å². The number of rotatable bonds is 5. The summed E-state index contributed by atoms with van der Waals surface area (Å²) in [5.41, 5.74) is 3.62. The molecule has 1 aromatic heterocycles. The number of ether oxygens (including phenoxy) is 2. The molecule has 0 spiro atoms. The van der Waals surface area contributed by atoms with E-state index in [1.54, 1.807) is 33.9 Å². The van der Waals surface area contributed by atoms with Crippen LogP contribution in [0.15, 0.2) is 11.0 Å². The lowest BCUT2D eigenvalue weighted by atomic mass is 9.80. The molecule has 0 aliphatic carbocycles. The normalized spacial score (nSPS) is 31.1. The van der Waals surface area contributed by atoms with Crippen molar-refractivity contribution in [3.63, 3.8) is 0 Å². The number of phosphoric acid groups is 1. The van der Waals surface area contributed by atoms with Crippen LogP contribution in [0.1, 0.15) is 59.8 Å². The minimum Gasteiger partial charge on any atom is -0.383 e. The number of nitrogen functional groups attached to an aromatic ring is 1. The Morgan fingerprint density at radius 3 is 2.57 bits per heavy atom. The lowest BCUT2D eigenvalue weighted by molar-refractivity contribution is -0.184. The minimum atomic E-state index is -4.44. The molecule has 3 heterocycles. The van der Waals surface area contributed by atoms with Gasteiger partial charge in [-0.25, -0.2) is 9.36 Å². The van der Waals surface area contributed by atoms with E-state index in [1.807, 2.05) is 20.8 Å². The molecular weight excluding hydrogens is 413 g/mol. The van der Waals surface area contributed by atoms with Gasteiger partial charge in [0, 0.05) is 11.8 Å². The van der Waals surface area contributed by atoms with Gasteiger partial charge in [0.1, 0.15) is 23.6 Å². The summed E-state index contributed by atoms with van der Waals surface area (Å²) in [4.78, 5) is 26.7. The molecule has 3 N–H and O–H groups in total. The fourth-order valence-electron chi connectivity index (χ4n) is 4.08. The van der Waals surface area contributed by atoms with Gasteiger partial charge in [-0.1, -0.05) is 20.8 Å². The summed E-state index contributed by atoms with van der Waals surface area (Å²) in [5.74, 6) is 0.135. The molecule has 2 fully saturated rings. The van der Waals surface area contributed by atoms with E-state index in [0.717, 1.165) is 0 Å². The van der Waals surface area contributed by atoms with Crippen molar-refractivity contribution >= 4 is 13.6 Å². The van der Waals surface area contributed by atoms with Gasteiger partial charge in [0.25, 0.3) is 0 Å². The van der Waals surface area contributed by atoms with Crippen molar-refractivity contribution in [3.8, 4) is 0 Å². The standard InChI is InChI=1S/C19H32N3O7P/c1-11-8-22(16(23)21-14(11)20)15-12-13(28-30(24,25)29-18(5,6)7)19(27-15,10-26-12)9-17(2,3)4/h8,12-13,15H,9-10H2,1-7H3,(H,24,25)(H2,20,21,23)/t12-,13?,15+,19-/m0/s1. The molecule has 10 nitrogen and oxygen atoms in total. The minimum absolute atomic E-state index is 0.135. The number of nitrogens with two attached hydrogens (primary N) is 1. The first kappa shape index (κ1) is 23.4. The smallest absolute Gasteiger partial charge is 0.383 e. The van der Waals surface area contributed by atoms with Gasteiger partial charge in [0.15, 0.2) is 6.23 Å². The van der Waals surface area contributed by atoms with Gasteiger partial charge in [-0.2, -0.15) is 4.98 Å². The summed E-state index contributed by atoms with van der Waals surface area (Å²) in [5, 5.41) is 0. The maximum Gasteiger partial charge on any atom is 0.473 e. The number of hydrogen-bond donors (Lipinski definition) is 2. The molecule has 0 aromatic carbocycles. The van der Waals surface area contributed by atoms with Gasteiger partial charge < -0.3 is 20.1 Å². The van der Waals surface area contributed by atoms with Gasteiger partial charge in [0.2, 0.25) is 0 Å². The van der Waals surface area contributed by atoms with Gasteiger partial charge in [0.05, 0.1) is 12.2 Å². The zero-order chi connectivity index (χ0) is 22.7. The van der Waals surface area contributed by atoms with Crippen LogP contribution in [-0.4, -0.2) is 44.5 Å². The van der Waals surface area contributed by atoms with Crippen molar-refractivity contribution in [1.29, 1.82) is 0 Å². The topological polar surface area (TPSA) is 135 Å². The summed E-state index contributed by atoms with van der Waals surface area (Å²) >= 11 is 0. The van der Waals surface area contributed by atoms with Gasteiger partial charge >= 0.3 is 13.5 Å². The number of aryl methyl sites for hydroxylation is 1. The predicted octanol–water partition coefficient (Wildman–Crippen LogP) is 2.54. The number of anilines is 1. The Morgan fingerprint density at radius 2 is 2.00 bits per heavy atom. The number of phosphoric ester groups is 1. The second kappa shape index (κ2) is 7.39. The molecular formula is C19H32N3O7P. The summed E-state index contributed by atoms with van der Waals surface area (Å²) in [6, 6.07) is 0. The quantitative estimate of drug-likeness (QED) is 0.655. The van der Waals surface area contributed by atoms with Crippen LogP contribution in [0.5, 0.6) is 0 Å². The molecule has 170 valence electrons. The van der Waals surface area contributed by atoms with Crippen molar-refractivity contribution < 1.29 is 28.0 Å². The van der Waals surface area contributed by atoms with E-state index in [9.17, 15) is 14.3 Å². The Labute approximate surface area is 176 Å².